The molecule has 0 heterocycles. The lowest BCUT2D eigenvalue weighted by atomic mass is 10.2. The third-order valence-corrected chi connectivity index (χ3v) is 7.14. The molecule has 3 aromatic rings. The first-order valence-electron chi connectivity index (χ1n) is 9.86. The van der Waals surface area contributed by atoms with Gasteiger partial charge in [-0.05, 0) is 68.9 Å². The summed E-state index contributed by atoms with van der Waals surface area (Å²) in [4.78, 5) is 20.6. The van der Waals surface area contributed by atoms with Crippen LogP contribution in [0.4, 0.5) is 0 Å². The Morgan fingerprint density at radius 2 is 0.667 bits per heavy atom. The molecule has 0 aliphatic heterocycles. The van der Waals surface area contributed by atoms with Crippen LogP contribution >= 0.6 is 7.92 Å². The molecule has 1 aliphatic rings. The number of ketones is 2. The molecule has 0 unspecified atom stereocenters. The fraction of sp³-hybridized carbons (Fsp3) is 0.111. The summed E-state index contributed by atoms with van der Waals surface area (Å²) in [6.07, 6.45) is 5.01. The zero-order chi connectivity index (χ0) is 21.5. The first-order valence-corrected chi connectivity index (χ1v) is 11.2. The maximum absolute atomic E-state index is 10.3. The van der Waals surface area contributed by atoms with E-state index in [1.165, 1.54) is 56.9 Å². The molecule has 2 nitrogen and oxygen atoms in total. The van der Waals surface area contributed by atoms with Gasteiger partial charge in [-0.1, -0.05) is 89.5 Å². The summed E-state index contributed by atoms with van der Waals surface area (Å²) in [5, 5.41) is 4.23. The van der Waals surface area contributed by atoms with E-state index in [9.17, 15) is 9.59 Å². The van der Waals surface area contributed by atoms with E-state index < -0.39 is 7.92 Å². The zero-order valence-corrected chi connectivity index (χ0v) is 18.4. The van der Waals surface area contributed by atoms with Gasteiger partial charge in [0.25, 0.3) is 0 Å². The topological polar surface area (TPSA) is 34.1 Å². The van der Waals surface area contributed by atoms with Gasteiger partial charge in [0.15, 0.2) is 11.6 Å². The van der Waals surface area contributed by atoms with E-state index in [2.05, 4.69) is 93.6 Å². The Balaban J connectivity index is 0.000000269. The van der Waals surface area contributed by atoms with Crippen molar-refractivity contribution in [2.75, 3.05) is 0 Å². The van der Waals surface area contributed by atoms with Crippen LogP contribution in [0.15, 0.2) is 97.1 Å². The lowest BCUT2D eigenvalue weighted by molar-refractivity contribution is -0.113. The van der Waals surface area contributed by atoms with E-state index in [1.54, 1.807) is 0 Å². The van der Waals surface area contributed by atoms with Crippen LogP contribution in [0, 0.1) is 20.8 Å². The van der Waals surface area contributed by atoms with Crippen LogP contribution in [0.3, 0.4) is 0 Å². The molecule has 0 N–H and O–H groups in total. The molecule has 0 fully saturated rings. The van der Waals surface area contributed by atoms with Crippen LogP contribution in [-0.4, -0.2) is 11.6 Å². The monoisotopic (exact) mass is 412 g/mol. The van der Waals surface area contributed by atoms with Crippen LogP contribution in [0.1, 0.15) is 16.7 Å². The highest BCUT2D eigenvalue weighted by Gasteiger charge is 2.16. The number of allylic oxidation sites excluding steroid dienone is 4. The van der Waals surface area contributed by atoms with Crippen molar-refractivity contribution in [2.45, 2.75) is 20.8 Å². The Kier molecular flexibility index (Phi) is 7.27. The maximum atomic E-state index is 10.3. The first kappa shape index (κ1) is 21.6. The minimum Gasteiger partial charge on any atom is -0.290 e. The Labute approximate surface area is 179 Å². The fourth-order valence-electron chi connectivity index (χ4n) is 2.97. The van der Waals surface area contributed by atoms with Crippen molar-refractivity contribution in [3.8, 4) is 0 Å². The van der Waals surface area contributed by atoms with Gasteiger partial charge in [0.05, 0.1) is 0 Å². The molecule has 4 rings (SSSR count). The smallest absolute Gasteiger partial charge is 0.178 e. The highest BCUT2D eigenvalue weighted by atomic mass is 31.1. The summed E-state index contributed by atoms with van der Waals surface area (Å²) in [6, 6.07) is 27.0. The van der Waals surface area contributed by atoms with Gasteiger partial charge in [0, 0.05) is 0 Å². The molecule has 3 heteroatoms. The molecule has 0 saturated carbocycles. The van der Waals surface area contributed by atoms with Gasteiger partial charge < -0.3 is 0 Å². The van der Waals surface area contributed by atoms with E-state index >= 15 is 0 Å². The summed E-state index contributed by atoms with van der Waals surface area (Å²) in [5.41, 5.74) is 3.93. The Bertz CT molecular complexity index is 927. The number of hydrogen-bond donors (Lipinski definition) is 0. The van der Waals surface area contributed by atoms with Crippen molar-refractivity contribution in [3.63, 3.8) is 0 Å². The summed E-state index contributed by atoms with van der Waals surface area (Å²) >= 11 is 0. The molecule has 0 radical (unpaired) electrons. The molecular weight excluding hydrogens is 387 g/mol. The third-order valence-electron chi connectivity index (χ3n) is 4.70. The van der Waals surface area contributed by atoms with Gasteiger partial charge >= 0.3 is 0 Å². The Morgan fingerprint density at radius 3 is 0.900 bits per heavy atom. The van der Waals surface area contributed by atoms with Gasteiger partial charge in [0.1, 0.15) is 0 Å². The average molecular weight is 412 g/mol. The largest absolute Gasteiger partial charge is 0.290 e. The Hall–Kier alpha value is -3.09. The molecule has 0 atom stereocenters. The predicted molar refractivity (Wildman–Crippen MR) is 128 cm³/mol. The van der Waals surface area contributed by atoms with Crippen LogP contribution < -0.4 is 15.9 Å². The Morgan fingerprint density at radius 1 is 0.433 bits per heavy atom. The maximum Gasteiger partial charge on any atom is 0.178 e. The summed E-state index contributed by atoms with van der Waals surface area (Å²) in [6.45, 7) is 6.43. The number of hydrogen-bond acceptors (Lipinski definition) is 2. The third kappa shape index (κ3) is 5.95. The highest BCUT2D eigenvalue weighted by molar-refractivity contribution is 7.79. The van der Waals surface area contributed by atoms with E-state index in [4.69, 9.17) is 0 Å². The molecule has 3 aromatic carbocycles. The van der Waals surface area contributed by atoms with E-state index in [-0.39, 0.29) is 11.6 Å². The van der Waals surface area contributed by atoms with Crippen molar-refractivity contribution in [3.05, 3.63) is 114 Å². The van der Waals surface area contributed by atoms with Gasteiger partial charge in [0.2, 0.25) is 0 Å². The van der Waals surface area contributed by atoms with E-state index in [1.807, 2.05) is 0 Å². The number of rotatable bonds is 3. The lowest BCUT2D eigenvalue weighted by Gasteiger charge is -2.20. The van der Waals surface area contributed by atoms with E-state index in [0.29, 0.717) is 0 Å². The average Bonchev–Trinajstić information content (AvgIpc) is 2.75. The second kappa shape index (κ2) is 10.1. The number of benzene rings is 3. The van der Waals surface area contributed by atoms with Gasteiger partial charge in [-0.15, -0.1) is 0 Å². The normalized spacial score (nSPS) is 12.7. The second-order valence-electron chi connectivity index (χ2n) is 7.31. The van der Waals surface area contributed by atoms with Crippen LogP contribution in [0.2, 0.25) is 0 Å². The summed E-state index contributed by atoms with van der Waals surface area (Å²) in [7, 11) is -0.483. The van der Waals surface area contributed by atoms with E-state index in [0.717, 1.165) is 0 Å². The molecule has 0 amide bonds. The molecule has 30 heavy (non-hydrogen) atoms. The minimum atomic E-state index is -0.483. The summed E-state index contributed by atoms with van der Waals surface area (Å²) in [5.74, 6) is -0.241. The lowest BCUT2D eigenvalue weighted by Crippen LogP contribution is -2.20. The zero-order valence-electron chi connectivity index (χ0n) is 17.5. The molecule has 0 saturated heterocycles. The number of carbonyl (C=O) groups is 2. The first-order chi connectivity index (χ1) is 14.4. The quantitative estimate of drug-likeness (QED) is 0.465. The predicted octanol–water partition coefficient (Wildman–Crippen LogP) is 4.62. The van der Waals surface area contributed by atoms with Crippen molar-refractivity contribution >= 4 is 35.4 Å². The molecule has 1 aliphatic carbocycles. The SMILES string of the molecule is Cc1ccc(P(c2ccc(C)cc2)c2ccc(C)cc2)cc1.O=C1C=CC(=O)C=C1. The standard InChI is InChI=1S/C21H21P.C6H4O2/c1-16-4-10-19(11-5-16)22(20-12-6-17(2)7-13-20)21-14-8-18(3)9-15-21;7-5-1-2-6(8)4-3-5/h4-15H,1-3H3;1-4H. The number of carbonyl (C=O) groups excluding carboxylic acids is 2. The molecule has 0 bridgehead atoms. The molecular formula is C27H25O2P. The molecule has 150 valence electrons. The number of aryl methyl sites for hydroxylation is 3. The van der Waals surface area contributed by atoms with Crippen LogP contribution in [-0.2, 0) is 9.59 Å². The fourth-order valence-corrected chi connectivity index (χ4v) is 5.20. The minimum absolute atomic E-state index is 0.121. The van der Waals surface area contributed by atoms with Gasteiger partial charge in [-0.2, -0.15) is 0 Å². The van der Waals surface area contributed by atoms with Gasteiger partial charge in [-0.25, -0.2) is 0 Å². The van der Waals surface area contributed by atoms with Crippen LogP contribution in [0.5, 0.6) is 0 Å². The van der Waals surface area contributed by atoms with Crippen LogP contribution in [0.25, 0.3) is 0 Å². The van der Waals surface area contributed by atoms with Crippen molar-refractivity contribution in [1.29, 1.82) is 0 Å². The van der Waals surface area contributed by atoms with Gasteiger partial charge in [-0.3, -0.25) is 9.59 Å². The van der Waals surface area contributed by atoms with Crippen molar-refractivity contribution in [1.82, 2.24) is 0 Å². The van der Waals surface area contributed by atoms with Crippen molar-refractivity contribution in [2.24, 2.45) is 0 Å². The highest BCUT2D eigenvalue weighted by Crippen LogP contribution is 2.32. The molecule has 0 spiro atoms. The second-order valence-corrected chi connectivity index (χ2v) is 9.53. The van der Waals surface area contributed by atoms with Crippen molar-refractivity contribution < 1.29 is 9.59 Å². The molecule has 0 aromatic heterocycles. The summed E-state index contributed by atoms with van der Waals surface area (Å²) < 4.78 is 0.